The van der Waals surface area contributed by atoms with Gasteiger partial charge in [0, 0.05) is 17.1 Å². The Kier molecular flexibility index (Phi) is 3.38. The first-order chi connectivity index (χ1) is 9.15. The molecule has 2 unspecified atom stereocenters. The number of aromatic nitrogens is 1. The fourth-order valence-electron chi connectivity index (χ4n) is 3.56. The summed E-state index contributed by atoms with van der Waals surface area (Å²) in [6.45, 7) is 7.12. The van der Waals surface area contributed by atoms with Crippen LogP contribution in [0.15, 0.2) is 30.3 Å². The molecule has 1 heteroatoms. The van der Waals surface area contributed by atoms with Gasteiger partial charge in [0.2, 0.25) is 0 Å². The lowest BCUT2D eigenvalue weighted by atomic mass is 9.69. The van der Waals surface area contributed by atoms with Crippen LogP contribution in [0.2, 0.25) is 0 Å². The van der Waals surface area contributed by atoms with Crippen LogP contribution in [-0.2, 0) is 0 Å². The van der Waals surface area contributed by atoms with Gasteiger partial charge in [-0.3, -0.25) is 0 Å². The standard InChI is InChI=1S/C18H24N/c1-12(2)15-9-8-13(3)10-16(15)18-11-14-6-4-5-7-17(14)19-18/h4-7,11-13,15,19H,8-10H2,1-3H3. The van der Waals surface area contributed by atoms with E-state index >= 15 is 0 Å². The van der Waals surface area contributed by atoms with Crippen molar-refractivity contribution in [2.45, 2.75) is 40.0 Å². The lowest BCUT2D eigenvalue weighted by Gasteiger charge is -2.36. The minimum Gasteiger partial charge on any atom is -0.358 e. The fourth-order valence-corrected chi connectivity index (χ4v) is 3.56. The van der Waals surface area contributed by atoms with Crippen molar-refractivity contribution >= 4 is 10.9 Å². The number of nitrogens with one attached hydrogen (secondary N) is 1. The van der Waals surface area contributed by atoms with E-state index in [1.807, 2.05) is 0 Å². The highest BCUT2D eigenvalue weighted by Gasteiger charge is 2.33. The summed E-state index contributed by atoms with van der Waals surface area (Å²) in [4.78, 5) is 3.63. The van der Waals surface area contributed by atoms with Gasteiger partial charge in [0.25, 0.3) is 0 Å². The molecule has 1 nitrogen and oxygen atoms in total. The molecule has 0 spiro atoms. The SMILES string of the molecule is CC1CCC(C(C)C)[C](c2cc3ccccc3[nH]2)C1. The number of aromatic amines is 1. The van der Waals surface area contributed by atoms with Gasteiger partial charge in [0.1, 0.15) is 0 Å². The Labute approximate surface area is 116 Å². The molecule has 1 radical (unpaired) electrons. The van der Waals surface area contributed by atoms with Crippen LogP contribution in [-0.4, -0.2) is 4.98 Å². The van der Waals surface area contributed by atoms with Gasteiger partial charge in [0.05, 0.1) is 0 Å². The third-order valence-electron chi connectivity index (χ3n) is 4.67. The molecule has 1 aromatic carbocycles. The van der Waals surface area contributed by atoms with Gasteiger partial charge in [-0.25, -0.2) is 0 Å². The molecule has 0 amide bonds. The second-order valence-electron chi connectivity index (χ2n) is 6.53. The molecule has 19 heavy (non-hydrogen) atoms. The average molecular weight is 254 g/mol. The maximum atomic E-state index is 3.63. The van der Waals surface area contributed by atoms with Crippen molar-refractivity contribution < 1.29 is 0 Å². The predicted molar refractivity (Wildman–Crippen MR) is 82.0 cm³/mol. The first kappa shape index (κ1) is 12.8. The molecule has 1 aromatic heterocycles. The molecule has 3 rings (SSSR count). The molecule has 0 saturated heterocycles. The number of benzene rings is 1. The average Bonchev–Trinajstić information content (AvgIpc) is 2.81. The smallest absolute Gasteiger partial charge is 0.0456 e. The van der Waals surface area contributed by atoms with Crippen LogP contribution >= 0.6 is 0 Å². The summed E-state index contributed by atoms with van der Waals surface area (Å²) in [5, 5.41) is 1.34. The monoisotopic (exact) mass is 254 g/mol. The van der Waals surface area contributed by atoms with Crippen LogP contribution in [0.25, 0.3) is 10.9 Å². The Bertz CT molecular complexity index is 519. The van der Waals surface area contributed by atoms with Crippen LogP contribution in [0.5, 0.6) is 0 Å². The van der Waals surface area contributed by atoms with E-state index in [4.69, 9.17) is 0 Å². The number of hydrogen-bond donors (Lipinski definition) is 1. The number of hydrogen-bond acceptors (Lipinski definition) is 0. The molecule has 1 aliphatic rings. The Morgan fingerprint density at radius 3 is 2.68 bits per heavy atom. The fraction of sp³-hybridized carbons (Fsp3) is 0.500. The molecule has 1 N–H and O–H groups in total. The van der Waals surface area contributed by atoms with Crippen molar-refractivity contribution in [2.24, 2.45) is 17.8 Å². The van der Waals surface area contributed by atoms with Gasteiger partial charge >= 0.3 is 0 Å². The van der Waals surface area contributed by atoms with Gasteiger partial charge < -0.3 is 4.98 Å². The maximum absolute atomic E-state index is 3.63. The van der Waals surface area contributed by atoms with E-state index in [9.17, 15) is 0 Å². The summed E-state index contributed by atoms with van der Waals surface area (Å²) in [6.07, 6.45) is 3.99. The van der Waals surface area contributed by atoms with Crippen LogP contribution in [0.1, 0.15) is 45.7 Å². The number of fused-ring (bicyclic) bond motifs is 1. The molecule has 1 aliphatic carbocycles. The van der Waals surface area contributed by atoms with Crippen molar-refractivity contribution in [3.63, 3.8) is 0 Å². The minimum atomic E-state index is 0.744. The topological polar surface area (TPSA) is 15.8 Å². The summed E-state index contributed by atoms with van der Waals surface area (Å²) in [5.74, 6) is 3.99. The van der Waals surface area contributed by atoms with Crippen LogP contribution in [0.3, 0.4) is 0 Å². The predicted octanol–water partition coefficient (Wildman–Crippen LogP) is 5.18. The van der Waals surface area contributed by atoms with Gasteiger partial charge in [-0.1, -0.05) is 45.4 Å². The Morgan fingerprint density at radius 2 is 1.95 bits per heavy atom. The second kappa shape index (κ2) is 5.03. The lowest BCUT2D eigenvalue weighted by molar-refractivity contribution is 0.272. The number of para-hydroxylation sites is 1. The highest BCUT2D eigenvalue weighted by molar-refractivity contribution is 5.81. The maximum Gasteiger partial charge on any atom is 0.0456 e. The molecule has 2 aromatic rings. The van der Waals surface area contributed by atoms with Crippen LogP contribution in [0, 0.1) is 23.7 Å². The molecular formula is C18H24N. The normalized spacial score (nSPS) is 25.3. The molecule has 1 fully saturated rings. The molecule has 1 saturated carbocycles. The largest absolute Gasteiger partial charge is 0.358 e. The minimum absolute atomic E-state index is 0.744. The Balaban J connectivity index is 1.96. The summed E-state index contributed by atoms with van der Waals surface area (Å²) in [5.41, 5.74) is 2.65. The molecule has 0 bridgehead atoms. The van der Waals surface area contributed by atoms with E-state index < -0.39 is 0 Å². The van der Waals surface area contributed by atoms with E-state index in [2.05, 4.69) is 56.1 Å². The molecule has 0 aliphatic heterocycles. The third kappa shape index (κ3) is 2.43. The van der Waals surface area contributed by atoms with Crippen molar-refractivity contribution in [3.8, 4) is 0 Å². The zero-order valence-electron chi connectivity index (χ0n) is 12.2. The molecule has 1 heterocycles. The molecule has 101 valence electrons. The van der Waals surface area contributed by atoms with E-state index in [-0.39, 0.29) is 0 Å². The van der Waals surface area contributed by atoms with Crippen LogP contribution in [0.4, 0.5) is 0 Å². The zero-order valence-corrected chi connectivity index (χ0v) is 12.2. The van der Waals surface area contributed by atoms with Crippen molar-refractivity contribution in [1.29, 1.82) is 0 Å². The van der Waals surface area contributed by atoms with E-state index in [0.29, 0.717) is 0 Å². The van der Waals surface area contributed by atoms with Crippen molar-refractivity contribution in [1.82, 2.24) is 4.98 Å². The molecular weight excluding hydrogens is 230 g/mol. The quantitative estimate of drug-likeness (QED) is 0.759. The summed E-state index contributed by atoms with van der Waals surface area (Å²) in [6, 6.07) is 10.9. The van der Waals surface area contributed by atoms with Crippen molar-refractivity contribution in [2.75, 3.05) is 0 Å². The first-order valence-electron chi connectivity index (χ1n) is 7.59. The number of rotatable bonds is 2. The Morgan fingerprint density at radius 1 is 1.16 bits per heavy atom. The summed E-state index contributed by atoms with van der Waals surface area (Å²) >= 11 is 0. The molecule has 2 atom stereocenters. The van der Waals surface area contributed by atoms with Gasteiger partial charge in [-0.15, -0.1) is 0 Å². The van der Waals surface area contributed by atoms with Gasteiger partial charge in [-0.2, -0.15) is 0 Å². The summed E-state index contributed by atoms with van der Waals surface area (Å²) in [7, 11) is 0. The zero-order chi connectivity index (χ0) is 13.4. The van der Waals surface area contributed by atoms with E-state index in [1.165, 1.54) is 35.9 Å². The number of H-pyrrole nitrogens is 1. The van der Waals surface area contributed by atoms with E-state index in [0.717, 1.165) is 17.8 Å². The highest BCUT2D eigenvalue weighted by atomic mass is 14.7. The van der Waals surface area contributed by atoms with Gasteiger partial charge in [-0.05, 0) is 48.1 Å². The first-order valence-corrected chi connectivity index (χ1v) is 7.59. The second-order valence-corrected chi connectivity index (χ2v) is 6.53. The highest BCUT2D eigenvalue weighted by Crippen LogP contribution is 2.43. The third-order valence-corrected chi connectivity index (χ3v) is 4.67. The van der Waals surface area contributed by atoms with Gasteiger partial charge in [0.15, 0.2) is 0 Å². The summed E-state index contributed by atoms with van der Waals surface area (Å²) < 4.78 is 0. The van der Waals surface area contributed by atoms with Crippen molar-refractivity contribution in [3.05, 3.63) is 41.9 Å². The lowest BCUT2D eigenvalue weighted by Crippen LogP contribution is -2.27. The Hall–Kier alpha value is -1.24. The van der Waals surface area contributed by atoms with E-state index in [1.54, 1.807) is 5.92 Å². The van der Waals surface area contributed by atoms with Crippen LogP contribution < -0.4 is 0 Å².